The first-order chi connectivity index (χ1) is 16.2. The lowest BCUT2D eigenvalue weighted by Crippen LogP contribution is -2.56. The lowest BCUT2D eigenvalue weighted by Gasteiger charge is -2.47. The summed E-state index contributed by atoms with van der Waals surface area (Å²) in [5.41, 5.74) is 3.15. The van der Waals surface area contributed by atoms with E-state index >= 15 is 0 Å². The maximum Gasteiger partial charge on any atom is 0.272 e. The van der Waals surface area contributed by atoms with Crippen molar-refractivity contribution in [2.75, 3.05) is 26.2 Å². The van der Waals surface area contributed by atoms with Crippen molar-refractivity contribution in [2.45, 2.75) is 24.9 Å². The van der Waals surface area contributed by atoms with Crippen LogP contribution in [0.3, 0.4) is 0 Å². The lowest BCUT2D eigenvalue weighted by atomic mass is 9.97. The Hall–Kier alpha value is -3.30. The molecule has 2 aliphatic heterocycles. The van der Waals surface area contributed by atoms with Gasteiger partial charge in [0.05, 0.1) is 17.9 Å². The number of nitrogens with zero attached hydrogens (tertiary/aromatic N) is 7. The molecule has 4 aromatic heterocycles. The molecule has 2 aliphatic rings. The summed E-state index contributed by atoms with van der Waals surface area (Å²) in [6.07, 6.45) is 9.35. The van der Waals surface area contributed by atoms with Crippen molar-refractivity contribution in [3.05, 3.63) is 60.0 Å². The smallest absolute Gasteiger partial charge is 0.272 e. The number of rotatable bonds is 4. The Morgan fingerprint density at radius 3 is 2.76 bits per heavy atom. The van der Waals surface area contributed by atoms with Gasteiger partial charge in [-0.2, -0.15) is 5.10 Å². The largest absolute Gasteiger partial charge is 0.346 e. The molecule has 0 atom stereocenters. The molecule has 9 nitrogen and oxygen atoms in total. The average molecular weight is 463 g/mol. The number of nitrogens with one attached hydrogen (secondary N) is 1. The number of carbonyl (C=O) groups excluding carboxylic acids is 1. The van der Waals surface area contributed by atoms with Crippen LogP contribution in [0.15, 0.2) is 49.2 Å². The topological polar surface area (TPSA) is 95.8 Å². The molecule has 4 aromatic rings. The Morgan fingerprint density at radius 1 is 1.09 bits per heavy atom. The molecule has 33 heavy (non-hydrogen) atoms. The number of hydrogen-bond donors (Lipinski definition) is 1. The second-order valence-electron chi connectivity index (χ2n) is 8.65. The summed E-state index contributed by atoms with van der Waals surface area (Å²) in [6.45, 7) is 3.42. The van der Waals surface area contributed by atoms with Gasteiger partial charge >= 0.3 is 0 Å². The summed E-state index contributed by atoms with van der Waals surface area (Å²) in [4.78, 5) is 33.1. The van der Waals surface area contributed by atoms with Crippen LogP contribution in [-0.4, -0.2) is 77.6 Å². The van der Waals surface area contributed by atoms with Gasteiger partial charge in [-0.25, -0.2) is 15.0 Å². The van der Waals surface area contributed by atoms with E-state index in [-0.39, 0.29) is 5.91 Å². The predicted octanol–water partition coefficient (Wildman–Crippen LogP) is 3.03. The Balaban J connectivity index is 1.05. The fourth-order valence-electron chi connectivity index (χ4n) is 4.84. The van der Waals surface area contributed by atoms with Gasteiger partial charge in [0.25, 0.3) is 5.91 Å². The highest BCUT2D eigenvalue weighted by Gasteiger charge is 2.36. The molecule has 2 saturated heterocycles. The minimum atomic E-state index is -0.0391. The number of H-pyrrole nitrogens is 1. The normalized spacial score (nSPS) is 18.0. The zero-order valence-corrected chi connectivity index (χ0v) is 18.7. The van der Waals surface area contributed by atoms with E-state index in [9.17, 15) is 4.79 Å². The molecule has 0 saturated carbocycles. The number of carbonyl (C=O) groups is 1. The number of aromatic amines is 1. The fourth-order valence-corrected chi connectivity index (χ4v) is 5.00. The van der Waals surface area contributed by atoms with E-state index < -0.39 is 0 Å². The molecular formula is C23H23ClN8O. The number of pyridine rings is 1. The highest BCUT2D eigenvalue weighted by molar-refractivity contribution is 6.29. The Morgan fingerprint density at radius 2 is 1.94 bits per heavy atom. The molecule has 0 unspecified atom stereocenters. The number of hydrogen-bond acceptors (Lipinski definition) is 6. The first-order valence-electron chi connectivity index (χ1n) is 11.1. The van der Waals surface area contributed by atoms with Crippen molar-refractivity contribution in [3.63, 3.8) is 0 Å². The summed E-state index contributed by atoms with van der Waals surface area (Å²) in [6, 6.07) is 8.02. The molecule has 0 aromatic carbocycles. The van der Waals surface area contributed by atoms with Gasteiger partial charge in [-0.1, -0.05) is 17.7 Å². The number of piperidine rings is 1. The van der Waals surface area contributed by atoms with E-state index in [2.05, 4.69) is 40.8 Å². The van der Waals surface area contributed by atoms with Crippen LogP contribution < -0.4 is 0 Å². The Labute approximate surface area is 195 Å². The highest BCUT2D eigenvalue weighted by Crippen LogP contribution is 2.30. The zero-order chi connectivity index (χ0) is 22.4. The number of halogens is 1. The lowest BCUT2D eigenvalue weighted by molar-refractivity contribution is 0.0196. The van der Waals surface area contributed by atoms with E-state index in [1.165, 1.54) is 0 Å². The summed E-state index contributed by atoms with van der Waals surface area (Å²) in [5, 5.41) is 5.96. The molecule has 6 heterocycles. The standard InChI is InChI=1S/C23H23ClN8O/c24-20-3-1-2-19(29-20)23(33)30-8-5-16(6-9-30)31-12-17(13-31)32-11-15(10-28-32)21-18-4-7-25-22(18)27-14-26-21/h1-4,7,10-11,14,16-17H,5-6,8-9,12-13H2,(H,25,26,27). The molecule has 0 bridgehead atoms. The van der Waals surface area contributed by atoms with E-state index in [1.807, 2.05) is 23.4 Å². The number of aromatic nitrogens is 6. The minimum absolute atomic E-state index is 0.0391. The second-order valence-corrected chi connectivity index (χ2v) is 9.04. The molecular weight excluding hydrogens is 440 g/mol. The number of likely N-dealkylation sites (tertiary alicyclic amines) is 2. The summed E-state index contributed by atoms with van der Waals surface area (Å²) in [5.74, 6) is -0.0391. The molecule has 1 N–H and O–H groups in total. The van der Waals surface area contributed by atoms with Crippen molar-refractivity contribution in [3.8, 4) is 11.3 Å². The van der Waals surface area contributed by atoms with Gasteiger partial charge in [-0.15, -0.1) is 0 Å². The van der Waals surface area contributed by atoms with Gasteiger partial charge in [0, 0.05) is 55.6 Å². The average Bonchev–Trinajstić information content (AvgIpc) is 3.48. The van der Waals surface area contributed by atoms with E-state index in [0.29, 0.717) is 22.9 Å². The number of fused-ring (bicyclic) bond motifs is 1. The summed E-state index contributed by atoms with van der Waals surface area (Å²) in [7, 11) is 0. The van der Waals surface area contributed by atoms with Gasteiger partial charge in [0.2, 0.25) is 0 Å². The van der Waals surface area contributed by atoms with Crippen molar-refractivity contribution in [2.24, 2.45) is 0 Å². The molecule has 0 spiro atoms. The predicted molar refractivity (Wildman–Crippen MR) is 124 cm³/mol. The minimum Gasteiger partial charge on any atom is -0.346 e. The SMILES string of the molecule is O=C(c1cccc(Cl)n1)N1CCC(N2CC(n3cc(-c4ncnc5[nH]ccc45)cn3)C2)CC1. The Bertz CT molecular complexity index is 1300. The van der Waals surface area contributed by atoms with Crippen LogP contribution in [0.4, 0.5) is 0 Å². The molecule has 0 radical (unpaired) electrons. The Kier molecular flexibility index (Phi) is 5.07. The van der Waals surface area contributed by atoms with Gasteiger partial charge < -0.3 is 9.88 Å². The third kappa shape index (κ3) is 3.77. The van der Waals surface area contributed by atoms with Crippen LogP contribution >= 0.6 is 11.6 Å². The van der Waals surface area contributed by atoms with Crippen LogP contribution in [-0.2, 0) is 0 Å². The fraction of sp³-hybridized carbons (Fsp3) is 0.348. The molecule has 2 fully saturated rings. The van der Waals surface area contributed by atoms with Crippen molar-refractivity contribution >= 4 is 28.5 Å². The van der Waals surface area contributed by atoms with Crippen LogP contribution in [0.5, 0.6) is 0 Å². The van der Waals surface area contributed by atoms with Crippen molar-refractivity contribution in [1.82, 2.24) is 39.5 Å². The first kappa shape index (κ1) is 20.3. The van der Waals surface area contributed by atoms with Crippen LogP contribution in [0.1, 0.15) is 29.4 Å². The van der Waals surface area contributed by atoms with E-state index in [1.54, 1.807) is 24.5 Å². The monoisotopic (exact) mass is 462 g/mol. The molecule has 1 amide bonds. The second kappa shape index (κ2) is 8.24. The van der Waals surface area contributed by atoms with Gasteiger partial charge in [-0.05, 0) is 31.0 Å². The number of amides is 1. The molecule has 10 heteroatoms. The van der Waals surface area contributed by atoms with Crippen LogP contribution in [0.25, 0.3) is 22.3 Å². The molecule has 168 valence electrons. The van der Waals surface area contributed by atoms with Crippen LogP contribution in [0.2, 0.25) is 5.15 Å². The molecule has 0 aliphatic carbocycles. The van der Waals surface area contributed by atoms with Crippen molar-refractivity contribution < 1.29 is 4.79 Å². The van der Waals surface area contributed by atoms with E-state index in [4.69, 9.17) is 11.6 Å². The third-order valence-corrected chi connectivity index (χ3v) is 6.91. The summed E-state index contributed by atoms with van der Waals surface area (Å²) < 4.78 is 2.05. The third-order valence-electron chi connectivity index (χ3n) is 6.70. The maximum atomic E-state index is 12.7. The van der Waals surface area contributed by atoms with E-state index in [0.717, 1.165) is 61.3 Å². The summed E-state index contributed by atoms with van der Waals surface area (Å²) >= 11 is 5.94. The van der Waals surface area contributed by atoms with Crippen LogP contribution in [0, 0.1) is 0 Å². The maximum absolute atomic E-state index is 12.7. The molecule has 6 rings (SSSR count). The van der Waals surface area contributed by atoms with Crippen molar-refractivity contribution in [1.29, 1.82) is 0 Å². The van der Waals surface area contributed by atoms with Gasteiger partial charge in [0.1, 0.15) is 22.8 Å². The first-order valence-corrected chi connectivity index (χ1v) is 11.5. The van der Waals surface area contributed by atoms with Gasteiger partial charge in [0.15, 0.2) is 0 Å². The highest BCUT2D eigenvalue weighted by atomic mass is 35.5. The zero-order valence-electron chi connectivity index (χ0n) is 17.9. The quantitative estimate of drug-likeness (QED) is 0.468. The van der Waals surface area contributed by atoms with Gasteiger partial charge in [-0.3, -0.25) is 14.4 Å².